The van der Waals surface area contributed by atoms with Crippen molar-refractivity contribution in [3.05, 3.63) is 28.3 Å². The first-order valence-electron chi connectivity index (χ1n) is 5.46. The summed E-state index contributed by atoms with van der Waals surface area (Å²) in [6.07, 6.45) is 3.97. The molecule has 100 valence electrons. The molecule has 0 atom stereocenters. The number of hydrogen-bond donors (Lipinski definition) is 2. The predicted molar refractivity (Wildman–Crippen MR) is 71.5 cm³/mol. The fraction of sp³-hybridized carbons (Fsp3) is 0.300. The summed E-state index contributed by atoms with van der Waals surface area (Å²) in [7, 11) is 0. The zero-order valence-electron chi connectivity index (χ0n) is 9.79. The number of halogens is 2. The van der Waals surface area contributed by atoms with E-state index in [1.165, 1.54) is 6.07 Å². The zero-order valence-corrected chi connectivity index (χ0v) is 11.3. The first kappa shape index (κ1) is 13.9. The molecule has 0 aliphatic carbocycles. The average Bonchev–Trinajstić information content (AvgIpc) is 2.81. The van der Waals surface area contributed by atoms with Gasteiger partial charge in [0.25, 0.3) is 0 Å². The fourth-order valence-corrected chi connectivity index (χ4v) is 1.74. The van der Waals surface area contributed by atoms with E-state index in [2.05, 4.69) is 25.6 Å². The Hall–Kier alpha value is -1.57. The van der Waals surface area contributed by atoms with Crippen molar-refractivity contribution < 1.29 is 9.79 Å². The van der Waals surface area contributed by atoms with Crippen LogP contribution in [0.2, 0.25) is 10.3 Å². The van der Waals surface area contributed by atoms with Crippen LogP contribution in [0.4, 0.5) is 5.95 Å². The van der Waals surface area contributed by atoms with E-state index >= 15 is 0 Å². The Morgan fingerprint density at radius 2 is 2.05 bits per heavy atom. The third kappa shape index (κ3) is 4.23. The van der Waals surface area contributed by atoms with Crippen LogP contribution in [-0.2, 0) is 0 Å². The molecule has 1 aliphatic heterocycles. The molecule has 2 rings (SSSR count). The van der Waals surface area contributed by atoms with Crippen LogP contribution in [0.25, 0.3) is 0 Å². The number of hydrogen-bond acceptors (Lipinski definition) is 6. The zero-order chi connectivity index (χ0) is 13.7. The molecule has 1 aliphatic rings. The van der Waals surface area contributed by atoms with Gasteiger partial charge in [0, 0.05) is 12.5 Å². The summed E-state index contributed by atoms with van der Waals surface area (Å²) in [6.45, 7) is 0.464. The van der Waals surface area contributed by atoms with Crippen LogP contribution >= 0.6 is 23.2 Å². The monoisotopic (exact) mass is 301 g/mol. The molecule has 0 bridgehead atoms. The Morgan fingerprint density at radius 3 is 2.74 bits per heavy atom. The van der Waals surface area contributed by atoms with Crippen molar-refractivity contribution in [1.82, 2.24) is 9.97 Å². The molecule has 0 amide bonds. The Kier molecular flexibility index (Phi) is 4.78. The molecular formula is C10H11Cl2N6O+. The smallest absolute Gasteiger partial charge is 0.240 e. The first-order valence-corrected chi connectivity index (χ1v) is 6.22. The van der Waals surface area contributed by atoms with Crippen molar-refractivity contribution in [3.63, 3.8) is 0 Å². The molecule has 0 unspecified atom stereocenters. The molecule has 0 aromatic carbocycles. The predicted octanol–water partition coefficient (Wildman–Crippen LogP) is 1.88. The van der Waals surface area contributed by atoms with Crippen LogP contribution in [0.1, 0.15) is 6.42 Å². The van der Waals surface area contributed by atoms with E-state index in [1.54, 1.807) is 17.1 Å². The van der Waals surface area contributed by atoms with Crippen LogP contribution in [0.3, 0.4) is 0 Å². The maximum Gasteiger partial charge on any atom is 0.240 e. The van der Waals surface area contributed by atoms with Crippen molar-refractivity contribution in [2.24, 2.45) is 10.3 Å². The van der Waals surface area contributed by atoms with Crippen molar-refractivity contribution in [2.45, 2.75) is 6.42 Å². The molecular weight excluding hydrogens is 291 g/mol. The van der Waals surface area contributed by atoms with E-state index in [4.69, 9.17) is 28.3 Å². The number of aliphatic hydroxyl groups is 1. The highest BCUT2D eigenvalue weighted by Gasteiger charge is 2.15. The topological polar surface area (TPSA) is 85.8 Å². The highest BCUT2D eigenvalue weighted by molar-refractivity contribution is 6.33. The van der Waals surface area contributed by atoms with Gasteiger partial charge in [0.2, 0.25) is 11.6 Å². The minimum atomic E-state index is 0.0717. The summed E-state index contributed by atoms with van der Waals surface area (Å²) in [5.74, 6) is 0.325. The fourth-order valence-electron chi connectivity index (χ4n) is 1.31. The van der Waals surface area contributed by atoms with Gasteiger partial charge >= 0.3 is 0 Å². The van der Waals surface area contributed by atoms with E-state index in [0.29, 0.717) is 24.6 Å². The highest BCUT2D eigenvalue weighted by atomic mass is 35.5. The summed E-state index contributed by atoms with van der Waals surface area (Å²) in [5, 5.41) is 20.0. The van der Waals surface area contributed by atoms with Gasteiger partial charge in [0.15, 0.2) is 6.20 Å². The third-order valence-electron chi connectivity index (χ3n) is 2.09. The summed E-state index contributed by atoms with van der Waals surface area (Å²) in [5.41, 5.74) is 0.703. The molecule has 2 N–H and O–H groups in total. The largest absolute Gasteiger partial charge is 0.396 e. The van der Waals surface area contributed by atoms with Gasteiger partial charge < -0.3 is 10.4 Å². The molecule has 1 aromatic rings. The standard InChI is InChI=1S/C10H11Cl2N6O/c11-8-4-9(12)15-10(14-8)13-5-7-6-18(17-16-7)2-1-3-19/h2,4,6,19H,1,3,5H2,(H,13,14,15)/q+1/b18-2-. The van der Waals surface area contributed by atoms with Crippen molar-refractivity contribution in [1.29, 1.82) is 0 Å². The second-order valence-corrected chi connectivity index (χ2v) is 4.35. The number of anilines is 1. The molecule has 7 nitrogen and oxygen atoms in total. The van der Waals surface area contributed by atoms with Crippen LogP contribution in [-0.4, -0.2) is 39.1 Å². The number of nitrogens with one attached hydrogen (secondary N) is 1. The van der Waals surface area contributed by atoms with Gasteiger partial charge in [-0.05, 0) is 0 Å². The number of rotatable bonds is 5. The van der Waals surface area contributed by atoms with Gasteiger partial charge in [-0.1, -0.05) is 23.2 Å². The van der Waals surface area contributed by atoms with Gasteiger partial charge in [-0.15, -0.1) is 4.68 Å². The summed E-state index contributed by atoms with van der Waals surface area (Å²) >= 11 is 11.5. The van der Waals surface area contributed by atoms with E-state index in [0.717, 1.165) is 0 Å². The van der Waals surface area contributed by atoms with Crippen LogP contribution in [0.5, 0.6) is 0 Å². The lowest BCUT2D eigenvalue weighted by Gasteiger charge is -2.01. The molecule has 0 spiro atoms. The number of nitrogens with zero attached hydrogens (tertiary/aromatic N) is 5. The van der Waals surface area contributed by atoms with Gasteiger partial charge in [0.05, 0.1) is 24.5 Å². The van der Waals surface area contributed by atoms with Crippen molar-refractivity contribution >= 4 is 35.4 Å². The van der Waals surface area contributed by atoms with E-state index in [9.17, 15) is 0 Å². The van der Waals surface area contributed by atoms with Crippen molar-refractivity contribution in [3.8, 4) is 0 Å². The van der Waals surface area contributed by atoms with E-state index in [-0.39, 0.29) is 16.9 Å². The summed E-state index contributed by atoms with van der Waals surface area (Å²) < 4.78 is 1.54. The minimum Gasteiger partial charge on any atom is -0.396 e. The Morgan fingerprint density at radius 1 is 1.32 bits per heavy atom. The van der Waals surface area contributed by atoms with Gasteiger partial charge in [-0.25, -0.2) is 9.97 Å². The SMILES string of the molecule is OCC/C=[N+]1/C=C(CNc2nc(Cl)cc(Cl)n2)N=N1. The normalized spacial score (nSPS) is 15.9. The molecule has 9 heteroatoms. The van der Waals surface area contributed by atoms with Crippen LogP contribution in [0.15, 0.2) is 28.3 Å². The first-order chi connectivity index (χ1) is 9.17. The number of aromatic nitrogens is 2. The maximum atomic E-state index is 8.69. The second-order valence-electron chi connectivity index (χ2n) is 3.58. The Labute approximate surface area is 119 Å². The lowest BCUT2D eigenvalue weighted by Crippen LogP contribution is -2.07. The lowest BCUT2D eigenvalue weighted by molar-refractivity contribution is -0.460. The van der Waals surface area contributed by atoms with Crippen LogP contribution in [0, 0.1) is 0 Å². The molecule has 0 radical (unpaired) electrons. The molecule has 1 aromatic heterocycles. The highest BCUT2D eigenvalue weighted by Crippen LogP contribution is 2.15. The molecule has 2 heterocycles. The summed E-state index contributed by atoms with van der Waals surface area (Å²) in [6, 6.07) is 1.45. The molecule has 0 fully saturated rings. The summed E-state index contributed by atoms with van der Waals surface area (Å²) in [4.78, 5) is 7.94. The Bertz CT molecular complexity index is 537. The van der Waals surface area contributed by atoms with E-state index < -0.39 is 0 Å². The molecule has 19 heavy (non-hydrogen) atoms. The minimum absolute atomic E-state index is 0.0717. The lowest BCUT2D eigenvalue weighted by atomic mass is 10.4. The average molecular weight is 302 g/mol. The molecule has 0 saturated carbocycles. The molecule has 0 saturated heterocycles. The third-order valence-corrected chi connectivity index (χ3v) is 2.48. The number of aliphatic hydroxyl groups excluding tert-OH is 1. The van der Waals surface area contributed by atoms with Gasteiger partial charge in [-0.3, -0.25) is 0 Å². The van der Waals surface area contributed by atoms with Crippen LogP contribution < -0.4 is 5.32 Å². The second kappa shape index (κ2) is 6.55. The Balaban J connectivity index is 1.95. The van der Waals surface area contributed by atoms with E-state index in [1.807, 2.05) is 0 Å². The van der Waals surface area contributed by atoms with Crippen molar-refractivity contribution in [2.75, 3.05) is 18.5 Å². The van der Waals surface area contributed by atoms with Gasteiger partial charge in [-0.2, -0.15) is 0 Å². The quantitative estimate of drug-likeness (QED) is 0.642. The van der Waals surface area contributed by atoms with Gasteiger partial charge in [0.1, 0.15) is 15.5 Å². The maximum absolute atomic E-state index is 8.69.